The summed E-state index contributed by atoms with van der Waals surface area (Å²) in [6, 6.07) is 7.72. The zero-order valence-electron chi connectivity index (χ0n) is 10.1. The molecule has 0 aliphatic rings. The van der Waals surface area contributed by atoms with Crippen molar-refractivity contribution in [3.8, 4) is 6.07 Å². The Kier molecular flexibility index (Phi) is 3.33. The number of H-pyrrole nitrogens is 1. The Morgan fingerprint density at radius 3 is 3.00 bits per heavy atom. The molecule has 2 rings (SSSR count). The first-order valence-corrected chi connectivity index (χ1v) is 5.85. The summed E-state index contributed by atoms with van der Waals surface area (Å²) < 4.78 is 0. The fourth-order valence-electron chi connectivity index (χ4n) is 2.19. The van der Waals surface area contributed by atoms with E-state index < -0.39 is 5.97 Å². The number of fused-ring (bicyclic) bond motifs is 1. The van der Waals surface area contributed by atoms with Crippen molar-refractivity contribution in [2.75, 3.05) is 0 Å². The maximum Gasteiger partial charge on any atom is 0.303 e. The molecule has 4 heteroatoms. The van der Waals surface area contributed by atoms with E-state index in [1.54, 1.807) is 6.07 Å². The molecule has 18 heavy (non-hydrogen) atoms. The molecule has 0 aliphatic heterocycles. The third-order valence-corrected chi connectivity index (χ3v) is 3.18. The fraction of sp³-hybridized carbons (Fsp3) is 0.286. The van der Waals surface area contributed by atoms with Crippen LogP contribution in [-0.4, -0.2) is 16.1 Å². The highest BCUT2D eigenvalue weighted by atomic mass is 16.4. The third kappa shape index (κ3) is 2.21. The number of aromatic nitrogens is 1. The van der Waals surface area contributed by atoms with Crippen LogP contribution in [0.2, 0.25) is 0 Å². The monoisotopic (exact) mass is 242 g/mol. The Hall–Kier alpha value is -2.28. The molecule has 0 amide bonds. The van der Waals surface area contributed by atoms with E-state index in [0.29, 0.717) is 12.0 Å². The van der Waals surface area contributed by atoms with Crippen LogP contribution in [0.1, 0.15) is 36.8 Å². The molecule has 0 bridgehead atoms. The summed E-state index contributed by atoms with van der Waals surface area (Å²) in [6.07, 6.45) is 2.59. The molecular weight excluding hydrogens is 228 g/mol. The van der Waals surface area contributed by atoms with Crippen molar-refractivity contribution >= 4 is 16.9 Å². The molecule has 0 aliphatic carbocycles. The lowest BCUT2D eigenvalue weighted by molar-refractivity contribution is -0.137. The number of aliphatic carboxylic acids is 1. The number of nitrogens with zero attached hydrogens (tertiary/aromatic N) is 1. The lowest BCUT2D eigenvalue weighted by Gasteiger charge is -2.09. The minimum atomic E-state index is -0.790. The average Bonchev–Trinajstić information content (AvgIpc) is 2.79. The third-order valence-electron chi connectivity index (χ3n) is 3.18. The number of rotatable bonds is 4. The van der Waals surface area contributed by atoms with E-state index in [4.69, 9.17) is 10.4 Å². The van der Waals surface area contributed by atoms with Gasteiger partial charge in [0.1, 0.15) is 0 Å². The average molecular weight is 242 g/mol. The zero-order valence-corrected chi connectivity index (χ0v) is 10.1. The van der Waals surface area contributed by atoms with Crippen molar-refractivity contribution in [1.29, 1.82) is 5.26 Å². The van der Waals surface area contributed by atoms with Crippen LogP contribution in [0, 0.1) is 11.3 Å². The van der Waals surface area contributed by atoms with E-state index in [9.17, 15) is 4.79 Å². The van der Waals surface area contributed by atoms with Gasteiger partial charge in [-0.05, 0) is 30.0 Å². The minimum absolute atomic E-state index is 0.115. The Morgan fingerprint density at radius 1 is 1.56 bits per heavy atom. The highest BCUT2D eigenvalue weighted by Gasteiger charge is 2.15. The van der Waals surface area contributed by atoms with Crippen molar-refractivity contribution in [1.82, 2.24) is 4.98 Å². The van der Waals surface area contributed by atoms with E-state index in [2.05, 4.69) is 11.1 Å². The molecule has 1 aromatic carbocycles. The van der Waals surface area contributed by atoms with E-state index in [1.165, 1.54) is 0 Å². The van der Waals surface area contributed by atoms with Gasteiger partial charge >= 0.3 is 5.97 Å². The summed E-state index contributed by atoms with van der Waals surface area (Å²) in [5.74, 6) is -0.674. The SMILES string of the molecule is CC(CCC(=O)O)c1c[nH]c2cccc(C#N)c12. The number of hydrogen-bond donors (Lipinski definition) is 2. The Labute approximate surface area is 105 Å². The second kappa shape index (κ2) is 4.92. The van der Waals surface area contributed by atoms with Gasteiger partial charge in [-0.1, -0.05) is 13.0 Å². The second-order valence-electron chi connectivity index (χ2n) is 4.42. The second-order valence-corrected chi connectivity index (χ2v) is 4.42. The minimum Gasteiger partial charge on any atom is -0.481 e. The van der Waals surface area contributed by atoms with Gasteiger partial charge in [0.2, 0.25) is 0 Å². The molecule has 0 radical (unpaired) electrons. The molecule has 1 atom stereocenters. The number of nitrogens with one attached hydrogen (secondary N) is 1. The number of aromatic amines is 1. The van der Waals surface area contributed by atoms with Gasteiger partial charge in [-0.15, -0.1) is 0 Å². The number of carboxylic acids is 1. The van der Waals surface area contributed by atoms with Gasteiger partial charge in [-0.25, -0.2) is 0 Å². The Morgan fingerprint density at radius 2 is 2.33 bits per heavy atom. The predicted molar refractivity (Wildman–Crippen MR) is 68.3 cm³/mol. The number of benzene rings is 1. The topological polar surface area (TPSA) is 76.9 Å². The van der Waals surface area contributed by atoms with Crippen LogP contribution in [0.3, 0.4) is 0 Å². The molecule has 0 saturated heterocycles. The fourth-order valence-corrected chi connectivity index (χ4v) is 2.19. The van der Waals surface area contributed by atoms with Gasteiger partial charge in [0.15, 0.2) is 0 Å². The molecule has 1 heterocycles. The van der Waals surface area contributed by atoms with Crippen molar-refractivity contribution in [2.24, 2.45) is 0 Å². The Bertz CT molecular complexity index is 622. The first-order valence-electron chi connectivity index (χ1n) is 5.85. The molecule has 92 valence electrons. The van der Waals surface area contributed by atoms with E-state index in [-0.39, 0.29) is 12.3 Å². The van der Waals surface area contributed by atoms with Crippen LogP contribution in [0.25, 0.3) is 10.9 Å². The largest absolute Gasteiger partial charge is 0.481 e. The van der Waals surface area contributed by atoms with Crippen LogP contribution < -0.4 is 0 Å². The maximum atomic E-state index is 10.6. The quantitative estimate of drug-likeness (QED) is 0.865. The van der Waals surface area contributed by atoms with Crippen LogP contribution in [-0.2, 0) is 4.79 Å². The number of carboxylic acid groups (broad SMARTS) is 1. The highest BCUT2D eigenvalue weighted by molar-refractivity contribution is 5.89. The molecular formula is C14H14N2O2. The summed E-state index contributed by atoms with van der Waals surface area (Å²) in [7, 11) is 0. The standard InChI is InChI=1S/C14H14N2O2/c1-9(5-6-13(17)18)11-8-16-12-4-2-3-10(7-15)14(11)12/h2-4,8-9,16H,5-6H2,1H3,(H,17,18). The van der Waals surface area contributed by atoms with Crippen LogP contribution in [0.15, 0.2) is 24.4 Å². The molecule has 0 spiro atoms. The summed E-state index contributed by atoms with van der Waals surface area (Å²) in [5.41, 5.74) is 2.57. The highest BCUT2D eigenvalue weighted by Crippen LogP contribution is 2.30. The summed E-state index contributed by atoms with van der Waals surface area (Å²) in [4.78, 5) is 13.7. The molecule has 4 nitrogen and oxygen atoms in total. The van der Waals surface area contributed by atoms with Crippen molar-refractivity contribution in [3.05, 3.63) is 35.5 Å². The van der Waals surface area contributed by atoms with Crippen molar-refractivity contribution in [3.63, 3.8) is 0 Å². The van der Waals surface area contributed by atoms with Crippen molar-refractivity contribution < 1.29 is 9.90 Å². The molecule has 2 aromatic rings. The maximum absolute atomic E-state index is 10.6. The lowest BCUT2D eigenvalue weighted by atomic mass is 9.94. The smallest absolute Gasteiger partial charge is 0.303 e. The first-order chi connectivity index (χ1) is 8.63. The normalized spacial score (nSPS) is 12.2. The lowest BCUT2D eigenvalue weighted by Crippen LogP contribution is -2.00. The van der Waals surface area contributed by atoms with Gasteiger partial charge in [0, 0.05) is 23.5 Å². The number of nitriles is 1. The van der Waals surface area contributed by atoms with Gasteiger partial charge in [0.05, 0.1) is 11.6 Å². The molecule has 2 N–H and O–H groups in total. The van der Waals surface area contributed by atoms with Gasteiger partial charge in [-0.2, -0.15) is 5.26 Å². The molecule has 1 unspecified atom stereocenters. The summed E-state index contributed by atoms with van der Waals surface area (Å²) in [6.45, 7) is 1.99. The predicted octanol–water partition coefficient (Wildman–Crippen LogP) is 3.01. The van der Waals surface area contributed by atoms with Crippen LogP contribution in [0.5, 0.6) is 0 Å². The van der Waals surface area contributed by atoms with Crippen molar-refractivity contribution in [2.45, 2.75) is 25.7 Å². The van der Waals surface area contributed by atoms with E-state index >= 15 is 0 Å². The number of carbonyl (C=O) groups is 1. The van der Waals surface area contributed by atoms with Crippen LogP contribution >= 0.6 is 0 Å². The van der Waals surface area contributed by atoms with E-state index in [0.717, 1.165) is 16.5 Å². The molecule has 0 saturated carbocycles. The first kappa shape index (κ1) is 12.2. The van der Waals surface area contributed by atoms with E-state index in [1.807, 2.05) is 25.3 Å². The van der Waals surface area contributed by atoms with Gasteiger partial charge in [0.25, 0.3) is 0 Å². The summed E-state index contributed by atoms with van der Waals surface area (Å²) >= 11 is 0. The van der Waals surface area contributed by atoms with Crippen LogP contribution in [0.4, 0.5) is 0 Å². The Balaban J connectivity index is 2.39. The molecule has 1 aromatic heterocycles. The molecule has 0 fully saturated rings. The van der Waals surface area contributed by atoms with Gasteiger partial charge < -0.3 is 10.1 Å². The number of hydrogen-bond acceptors (Lipinski definition) is 2. The zero-order chi connectivity index (χ0) is 13.1. The summed E-state index contributed by atoms with van der Waals surface area (Å²) in [5, 5.41) is 18.7. The van der Waals surface area contributed by atoms with Gasteiger partial charge in [-0.3, -0.25) is 4.79 Å².